The van der Waals surface area contributed by atoms with Gasteiger partial charge in [-0.2, -0.15) is 0 Å². The molecular weight excluding hydrogens is 310 g/mol. The van der Waals surface area contributed by atoms with Gasteiger partial charge in [0.2, 0.25) is 5.75 Å². The third kappa shape index (κ3) is 3.54. The van der Waals surface area contributed by atoms with Gasteiger partial charge in [0.15, 0.2) is 11.5 Å². The van der Waals surface area contributed by atoms with E-state index in [2.05, 4.69) is 12.2 Å². The van der Waals surface area contributed by atoms with Crippen LogP contribution in [0.15, 0.2) is 24.3 Å². The van der Waals surface area contributed by atoms with Gasteiger partial charge in [-0.1, -0.05) is 11.6 Å². The molecule has 0 saturated carbocycles. The predicted octanol–water partition coefficient (Wildman–Crippen LogP) is 4.60. The number of hydrogen-bond donors (Lipinski definition) is 1. The number of rotatable bonds is 6. The molecular formula is C15H18ClNO3S. The smallest absolute Gasteiger partial charge is 0.203 e. The SMILES string of the molecule is COc1cc(NC(C)c2ccc(Cl)s2)cc(OC)c1OC. The first-order chi connectivity index (χ1) is 10.1. The molecule has 4 nitrogen and oxygen atoms in total. The van der Waals surface area contributed by atoms with Crippen LogP contribution in [0.1, 0.15) is 17.8 Å². The van der Waals surface area contributed by atoms with Crippen LogP contribution in [0.25, 0.3) is 0 Å². The minimum Gasteiger partial charge on any atom is -0.493 e. The van der Waals surface area contributed by atoms with Crippen molar-refractivity contribution in [1.29, 1.82) is 0 Å². The van der Waals surface area contributed by atoms with Crippen LogP contribution in [0.4, 0.5) is 5.69 Å². The molecule has 21 heavy (non-hydrogen) atoms. The molecule has 1 aromatic carbocycles. The fourth-order valence-corrected chi connectivity index (χ4v) is 3.11. The van der Waals surface area contributed by atoms with Crippen LogP contribution >= 0.6 is 22.9 Å². The fourth-order valence-electron chi connectivity index (χ4n) is 2.05. The van der Waals surface area contributed by atoms with Gasteiger partial charge in [-0.15, -0.1) is 11.3 Å². The monoisotopic (exact) mass is 327 g/mol. The average molecular weight is 328 g/mol. The molecule has 0 saturated heterocycles. The topological polar surface area (TPSA) is 39.7 Å². The average Bonchev–Trinajstić information content (AvgIpc) is 2.92. The molecule has 1 N–H and O–H groups in total. The van der Waals surface area contributed by atoms with E-state index in [0.717, 1.165) is 14.9 Å². The second kappa shape index (κ2) is 6.91. The number of methoxy groups -OCH3 is 3. The molecule has 0 bridgehead atoms. The van der Waals surface area contributed by atoms with Crippen LogP contribution in [0.5, 0.6) is 17.2 Å². The van der Waals surface area contributed by atoms with Crippen molar-refractivity contribution in [3.63, 3.8) is 0 Å². The maximum atomic E-state index is 5.98. The summed E-state index contributed by atoms with van der Waals surface area (Å²) in [6, 6.07) is 7.81. The molecule has 0 aliphatic rings. The highest BCUT2D eigenvalue weighted by molar-refractivity contribution is 7.16. The van der Waals surface area contributed by atoms with E-state index in [4.69, 9.17) is 25.8 Å². The van der Waals surface area contributed by atoms with Crippen LogP contribution < -0.4 is 19.5 Å². The standard InChI is InChI=1S/C15H18ClNO3S/c1-9(13-5-6-14(16)21-13)17-10-7-11(18-2)15(20-4)12(8-10)19-3/h5-9,17H,1-4H3. The van der Waals surface area contributed by atoms with Gasteiger partial charge in [-0.05, 0) is 19.1 Å². The van der Waals surface area contributed by atoms with Gasteiger partial charge in [-0.3, -0.25) is 0 Å². The summed E-state index contributed by atoms with van der Waals surface area (Å²) in [5.41, 5.74) is 0.890. The van der Waals surface area contributed by atoms with E-state index >= 15 is 0 Å². The third-order valence-corrected chi connectivity index (χ3v) is 4.48. The van der Waals surface area contributed by atoms with Crippen LogP contribution in [-0.2, 0) is 0 Å². The van der Waals surface area contributed by atoms with E-state index in [9.17, 15) is 0 Å². The summed E-state index contributed by atoms with van der Waals surface area (Å²) in [6.45, 7) is 2.07. The fraction of sp³-hybridized carbons (Fsp3) is 0.333. The van der Waals surface area contributed by atoms with E-state index in [1.807, 2.05) is 24.3 Å². The molecule has 0 amide bonds. The number of nitrogens with one attached hydrogen (secondary N) is 1. The van der Waals surface area contributed by atoms with E-state index in [-0.39, 0.29) is 6.04 Å². The molecule has 0 radical (unpaired) electrons. The summed E-state index contributed by atoms with van der Waals surface area (Å²) in [4.78, 5) is 1.16. The number of ether oxygens (including phenoxy) is 3. The largest absolute Gasteiger partial charge is 0.493 e. The van der Waals surface area contributed by atoms with E-state index in [0.29, 0.717) is 17.2 Å². The Morgan fingerprint density at radius 1 is 1.05 bits per heavy atom. The van der Waals surface area contributed by atoms with Crippen molar-refractivity contribution >= 4 is 28.6 Å². The lowest BCUT2D eigenvalue weighted by molar-refractivity contribution is 0.324. The molecule has 0 spiro atoms. The molecule has 1 unspecified atom stereocenters. The Kier molecular flexibility index (Phi) is 5.20. The van der Waals surface area contributed by atoms with Crippen LogP contribution in [0.2, 0.25) is 4.34 Å². The van der Waals surface area contributed by atoms with Crippen molar-refractivity contribution in [3.8, 4) is 17.2 Å². The third-order valence-electron chi connectivity index (χ3n) is 3.07. The normalized spacial score (nSPS) is 11.9. The highest BCUT2D eigenvalue weighted by atomic mass is 35.5. The van der Waals surface area contributed by atoms with Crippen molar-refractivity contribution < 1.29 is 14.2 Å². The number of benzene rings is 1. The van der Waals surface area contributed by atoms with Crippen molar-refractivity contribution in [2.45, 2.75) is 13.0 Å². The summed E-state index contributed by atoms with van der Waals surface area (Å²) >= 11 is 7.53. The van der Waals surface area contributed by atoms with Gasteiger partial charge < -0.3 is 19.5 Å². The molecule has 0 aliphatic heterocycles. The van der Waals surface area contributed by atoms with Crippen molar-refractivity contribution in [2.24, 2.45) is 0 Å². The minimum absolute atomic E-state index is 0.130. The lowest BCUT2D eigenvalue weighted by atomic mass is 10.2. The Bertz CT molecular complexity index is 590. The summed E-state index contributed by atoms with van der Waals surface area (Å²) < 4.78 is 16.8. The summed E-state index contributed by atoms with van der Waals surface area (Å²) in [5, 5.41) is 3.41. The highest BCUT2D eigenvalue weighted by Crippen LogP contribution is 2.41. The van der Waals surface area contributed by atoms with Crippen LogP contribution in [0.3, 0.4) is 0 Å². The Labute approximate surface area is 133 Å². The highest BCUT2D eigenvalue weighted by Gasteiger charge is 2.15. The lowest BCUT2D eigenvalue weighted by Crippen LogP contribution is -2.06. The first-order valence-electron chi connectivity index (χ1n) is 6.40. The second-order valence-corrected chi connectivity index (χ2v) is 6.17. The molecule has 0 fully saturated rings. The van der Waals surface area contributed by atoms with Gasteiger partial charge in [0, 0.05) is 22.7 Å². The first kappa shape index (κ1) is 15.8. The number of halogens is 1. The first-order valence-corrected chi connectivity index (χ1v) is 7.60. The Morgan fingerprint density at radius 2 is 1.67 bits per heavy atom. The molecule has 1 aromatic heterocycles. The zero-order valence-electron chi connectivity index (χ0n) is 12.4. The quantitative estimate of drug-likeness (QED) is 0.841. The van der Waals surface area contributed by atoms with Gasteiger partial charge >= 0.3 is 0 Å². The molecule has 6 heteroatoms. The minimum atomic E-state index is 0.130. The number of thiophene rings is 1. The van der Waals surface area contributed by atoms with Crippen LogP contribution in [-0.4, -0.2) is 21.3 Å². The van der Waals surface area contributed by atoms with E-state index in [1.54, 1.807) is 32.7 Å². The van der Waals surface area contributed by atoms with Gasteiger partial charge in [0.05, 0.1) is 31.7 Å². The summed E-state index contributed by atoms with van der Waals surface area (Å²) in [6.07, 6.45) is 0. The van der Waals surface area contributed by atoms with Gasteiger partial charge in [-0.25, -0.2) is 0 Å². The zero-order chi connectivity index (χ0) is 15.4. The molecule has 2 rings (SSSR count). The van der Waals surface area contributed by atoms with Crippen molar-refractivity contribution in [1.82, 2.24) is 0 Å². The Morgan fingerprint density at radius 3 is 2.10 bits per heavy atom. The summed E-state index contributed by atoms with van der Waals surface area (Å²) in [5.74, 6) is 1.82. The molecule has 2 aromatic rings. The molecule has 0 aliphatic carbocycles. The lowest BCUT2D eigenvalue weighted by Gasteiger charge is -2.18. The van der Waals surface area contributed by atoms with Crippen LogP contribution in [0, 0.1) is 0 Å². The second-order valence-electron chi connectivity index (χ2n) is 4.42. The van der Waals surface area contributed by atoms with Crippen molar-refractivity contribution in [2.75, 3.05) is 26.6 Å². The maximum Gasteiger partial charge on any atom is 0.203 e. The Hall–Kier alpha value is -1.59. The predicted molar refractivity (Wildman–Crippen MR) is 87.5 cm³/mol. The molecule has 1 heterocycles. The maximum absolute atomic E-state index is 5.98. The number of hydrogen-bond acceptors (Lipinski definition) is 5. The van der Waals surface area contributed by atoms with Gasteiger partial charge in [0.25, 0.3) is 0 Å². The van der Waals surface area contributed by atoms with E-state index < -0.39 is 0 Å². The summed E-state index contributed by atoms with van der Waals surface area (Å²) in [7, 11) is 4.79. The molecule has 1 atom stereocenters. The van der Waals surface area contributed by atoms with Gasteiger partial charge in [0.1, 0.15) is 0 Å². The number of anilines is 1. The van der Waals surface area contributed by atoms with Crippen molar-refractivity contribution in [3.05, 3.63) is 33.5 Å². The zero-order valence-corrected chi connectivity index (χ0v) is 14.0. The van der Waals surface area contributed by atoms with E-state index in [1.165, 1.54) is 0 Å². The molecule has 114 valence electrons. The Balaban J connectivity index is 2.27.